The molecule has 0 aliphatic rings. The smallest absolute Gasteiger partial charge is 0.0635 e. The Balaban J connectivity index is 2.58. The summed E-state index contributed by atoms with van der Waals surface area (Å²) in [6.45, 7) is 8.43. The maximum absolute atomic E-state index is 8.53. The van der Waals surface area contributed by atoms with Crippen LogP contribution in [0.25, 0.3) is 0 Å². The first kappa shape index (κ1) is 13.7. The van der Waals surface area contributed by atoms with E-state index in [1.165, 1.54) is 22.3 Å². The van der Waals surface area contributed by atoms with Gasteiger partial charge >= 0.3 is 0 Å². The number of hydrogen-bond donors (Lipinski definition) is 0. The summed E-state index contributed by atoms with van der Waals surface area (Å²) in [5.74, 6) is 0. The number of benzene rings is 1. The molecular formula is C15H22N2. The first-order valence-corrected chi connectivity index (χ1v) is 6.17. The summed E-state index contributed by atoms with van der Waals surface area (Å²) in [6.07, 6.45) is 1.68. The van der Waals surface area contributed by atoms with Gasteiger partial charge in [-0.3, -0.25) is 0 Å². The van der Waals surface area contributed by atoms with Crippen LogP contribution in [-0.4, -0.2) is 25.0 Å². The first-order valence-electron chi connectivity index (χ1n) is 6.17. The number of nitrogens with zero attached hydrogens (tertiary/aromatic N) is 2. The lowest BCUT2D eigenvalue weighted by Gasteiger charge is -2.17. The molecule has 2 nitrogen and oxygen atoms in total. The van der Waals surface area contributed by atoms with Gasteiger partial charge in [0.15, 0.2) is 0 Å². The Morgan fingerprint density at radius 2 is 1.82 bits per heavy atom. The van der Waals surface area contributed by atoms with Crippen LogP contribution < -0.4 is 0 Å². The van der Waals surface area contributed by atoms with Gasteiger partial charge in [-0.1, -0.05) is 12.1 Å². The Kier molecular flexibility index (Phi) is 5.18. The molecule has 0 heterocycles. The van der Waals surface area contributed by atoms with E-state index >= 15 is 0 Å². The highest BCUT2D eigenvalue weighted by Crippen LogP contribution is 2.17. The van der Waals surface area contributed by atoms with Crippen LogP contribution in [0, 0.1) is 32.1 Å². The topological polar surface area (TPSA) is 27.0 Å². The van der Waals surface area contributed by atoms with Crippen molar-refractivity contribution in [3.63, 3.8) is 0 Å². The molecule has 0 aliphatic carbocycles. The number of rotatable bonds is 5. The highest BCUT2D eigenvalue weighted by atomic mass is 15.1. The number of likely N-dealkylation sites (N-methyl/N-ethyl adjacent to an activating group) is 1. The zero-order chi connectivity index (χ0) is 12.8. The number of aryl methyl sites for hydroxylation is 1. The van der Waals surface area contributed by atoms with Gasteiger partial charge in [0.05, 0.1) is 6.07 Å². The molecule has 1 aromatic carbocycles. The van der Waals surface area contributed by atoms with Crippen molar-refractivity contribution < 1.29 is 0 Å². The summed E-state index contributed by atoms with van der Waals surface area (Å²) in [5, 5.41) is 8.53. The molecule has 0 amide bonds. The molecule has 0 saturated carbocycles. The fraction of sp³-hybridized carbons (Fsp3) is 0.533. The van der Waals surface area contributed by atoms with Gasteiger partial charge in [0.1, 0.15) is 0 Å². The first-order chi connectivity index (χ1) is 8.06. The number of nitriles is 1. The van der Waals surface area contributed by atoms with Crippen LogP contribution in [0.3, 0.4) is 0 Å². The Labute approximate surface area is 105 Å². The zero-order valence-corrected chi connectivity index (χ0v) is 11.4. The summed E-state index contributed by atoms with van der Waals surface area (Å²) < 4.78 is 0. The van der Waals surface area contributed by atoms with E-state index in [4.69, 9.17) is 5.26 Å². The van der Waals surface area contributed by atoms with E-state index in [2.05, 4.69) is 50.9 Å². The quantitative estimate of drug-likeness (QED) is 0.777. The third-order valence-corrected chi connectivity index (χ3v) is 3.54. The SMILES string of the molecule is Cc1ccc(CCN(C)CCC#N)c(C)c1C. The molecule has 0 radical (unpaired) electrons. The van der Waals surface area contributed by atoms with Gasteiger partial charge < -0.3 is 4.90 Å². The molecule has 0 bridgehead atoms. The van der Waals surface area contributed by atoms with Crippen molar-refractivity contribution in [1.29, 1.82) is 5.26 Å². The zero-order valence-electron chi connectivity index (χ0n) is 11.4. The summed E-state index contributed by atoms with van der Waals surface area (Å²) >= 11 is 0. The lowest BCUT2D eigenvalue weighted by Crippen LogP contribution is -2.22. The van der Waals surface area contributed by atoms with Crippen LogP contribution in [0.15, 0.2) is 12.1 Å². The molecule has 0 spiro atoms. The lowest BCUT2D eigenvalue weighted by atomic mass is 9.97. The molecule has 0 N–H and O–H groups in total. The van der Waals surface area contributed by atoms with Gasteiger partial charge in [0, 0.05) is 19.5 Å². The second kappa shape index (κ2) is 6.42. The van der Waals surface area contributed by atoms with Crippen molar-refractivity contribution in [2.75, 3.05) is 20.1 Å². The molecule has 0 unspecified atom stereocenters. The van der Waals surface area contributed by atoms with E-state index in [0.29, 0.717) is 6.42 Å². The van der Waals surface area contributed by atoms with E-state index in [1.54, 1.807) is 0 Å². The average molecular weight is 230 g/mol. The van der Waals surface area contributed by atoms with Crippen molar-refractivity contribution in [1.82, 2.24) is 4.90 Å². The summed E-state index contributed by atoms with van der Waals surface area (Å²) in [4.78, 5) is 2.22. The Bertz CT molecular complexity index is 416. The number of hydrogen-bond acceptors (Lipinski definition) is 2. The van der Waals surface area contributed by atoms with Crippen molar-refractivity contribution in [2.45, 2.75) is 33.6 Å². The average Bonchev–Trinajstić information content (AvgIpc) is 2.32. The van der Waals surface area contributed by atoms with Crippen LogP contribution in [0.1, 0.15) is 28.7 Å². The Morgan fingerprint density at radius 1 is 1.12 bits per heavy atom. The molecule has 0 saturated heterocycles. The maximum atomic E-state index is 8.53. The third-order valence-electron chi connectivity index (χ3n) is 3.54. The van der Waals surface area contributed by atoms with Crippen LogP contribution in [0.4, 0.5) is 0 Å². The molecule has 2 heteroatoms. The van der Waals surface area contributed by atoms with Crippen LogP contribution in [0.2, 0.25) is 0 Å². The van der Waals surface area contributed by atoms with E-state index in [9.17, 15) is 0 Å². The summed E-state index contributed by atoms with van der Waals surface area (Å²) in [5.41, 5.74) is 5.61. The van der Waals surface area contributed by atoms with Crippen LogP contribution >= 0.6 is 0 Å². The van der Waals surface area contributed by atoms with Gasteiger partial charge in [-0.25, -0.2) is 0 Å². The second-order valence-corrected chi connectivity index (χ2v) is 4.75. The largest absolute Gasteiger partial charge is 0.305 e. The predicted molar refractivity (Wildman–Crippen MR) is 72.1 cm³/mol. The second-order valence-electron chi connectivity index (χ2n) is 4.75. The Hall–Kier alpha value is -1.33. The minimum atomic E-state index is 0.613. The molecule has 1 aromatic rings. The van der Waals surface area contributed by atoms with Gasteiger partial charge in [0.25, 0.3) is 0 Å². The molecule has 17 heavy (non-hydrogen) atoms. The normalized spacial score (nSPS) is 10.6. The van der Waals surface area contributed by atoms with Crippen molar-refractivity contribution in [3.8, 4) is 6.07 Å². The summed E-state index contributed by atoms with van der Waals surface area (Å²) in [7, 11) is 2.08. The van der Waals surface area contributed by atoms with Crippen molar-refractivity contribution in [2.24, 2.45) is 0 Å². The highest BCUT2D eigenvalue weighted by molar-refractivity contribution is 5.38. The summed E-state index contributed by atoms with van der Waals surface area (Å²) in [6, 6.07) is 6.62. The molecule has 0 aliphatic heterocycles. The minimum Gasteiger partial charge on any atom is -0.305 e. The van der Waals surface area contributed by atoms with Crippen LogP contribution in [-0.2, 0) is 6.42 Å². The molecule has 1 rings (SSSR count). The highest BCUT2D eigenvalue weighted by Gasteiger charge is 2.05. The fourth-order valence-corrected chi connectivity index (χ4v) is 1.95. The molecule has 0 aromatic heterocycles. The molecule has 0 fully saturated rings. The van der Waals surface area contributed by atoms with Gasteiger partial charge in [-0.05, 0) is 56.5 Å². The predicted octanol–water partition coefficient (Wildman–Crippen LogP) is 3.00. The van der Waals surface area contributed by atoms with E-state index in [-0.39, 0.29) is 0 Å². The molecule has 0 atom stereocenters. The van der Waals surface area contributed by atoms with E-state index < -0.39 is 0 Å². The Morgan fingerprint density at radius 3 is 2.47 bits per heavy atom. The van der Waals surface area contributed by atoms with Gasteiger partial charge in [-0.15, -0.1) is 0 Å². The van der Waals surface area contributed by atoms with Crippen molar-refractivity contribution in [3.05, 3.63) is 34.4 Å². The van der Waals surface area contributed by atoms with E-state index in [0.717, 1.165) is 19.5 Å². The van der Waals surface area contributed by atoms with Gasteiger partial charge in [0.2, 0.25) is 0 Å². The van der Waals surface area contributed by atoms with Crippen LogP contribution in [0.5, 0.6) is 0 Å². The lowest BCUT2D eigenvalue weighted by molar-refractivity contribution is 0.346. The molecular weight excluding hydrogens is 208 g/mol. The third kappa shape index (κ3) is 3.87. The standard InChI is InChI=1S/C15H22N2/c1-12-6-7-15(14(3)13(12)2)8-11-17(4)10-5-9-16/h6-7H,5,8,10-11H2,1-4H3. The monoisotopic (exact) mass is 230 g/mol. The maximum Gasteiger partial charge on any atom is 0.0635 e. The van der Waals surface area contributed by atoms with Gasteiger partial charge in [-0.2, -0.15) is 5.26 Å². The fourth-order valence-electron chi connectivity index (χ4n) is 1.95. The minimum absolute atomic E-state index is 0.613. The molecule has 92 valence electrons. The van der Waals surface area contributed by atoms with E-state index in [1.807, 2.05) is 0 Å². The van der Waals surface area contributed by atoms with Crippen molar-refractivity contribution >= 4 is 0 Å².